The number of pyridine rings is 2. The van der Waals surface area contributed by atoms with Crippen LogP contribution in [0.15, 0.2) is 150 Å². The third kappa shape index (κ3) is 6.19. The van der Waals surface area contributed by atoms with Crippen LogP contribution in [-0.2, 0) is 25.6 Å². The molecule has 0 amide bonds. The van der Waals surface area contributed by atoms with Crippen molar-refractivity contribution in [1.29, 1.82) is 0 Å². The SMILES string of the molecule is CCCCc1nc2c(C)cc(C)nc2n1Cc1ccc(-c2c(-c3nnn(C(c4ccccc4)(c4ccccc4)c4ccccc4)n3)n(C)c(=O)c3ccccc23)cc1. The van der Waals surface area contributed by atoms with Gasteiger partial charge in [0.2, 0.25) is 5.82 Å². The number of tetrazole rings is 1. The Morgan fingerprint density at radius 2 is 1.28 bits per heavy atom. The van der Waals surface area contributed by atoms with Crippen molar-refractivity contribution in [2.75, 3.05) is 0 Å². The number of hydrogen-bond acceptors (Lipinski definition) is 6. The third-order valence-corrected chi connectivity index (χ3v) is 11.2. The lowest BCUT2D eigenvalue weighted by atomic mass is 9.77. The van der Waals surface area contributed by atoms with Crippen LogP contribution >= 0.6 is 0 Å². The zero-order valence-electron chi connectivity index (χ0n) is 33.2. The van der Waals surface area contributed by atoms with Crippen molar-refractivity contribution in [3.63, 3.8) is 0 Å². The van der Waals surface area contributed by atoms with Gasteiger partial charge in [0, 0.05) is 30.1 Å². The maximum absolute atomic E-state index is 14.1. The summed E-state index contributed by atoms with van der Waals surface area (Å²) in [4.78, 5) is 25.9. The van der Waals surface area contributed by atoms with E-state index in [1.807, 2.05) is 85.8 Å². The monoisotopic (exact) mass is 760 g/mol. The standard InChI is InChI=1S/C49H44N8O/c1-5-6-26-42-51-44-33(2)31-34(3)50-47(44)56(42)32-35-27-29-36(30-28-35)43-40-24-16-17-25-41(40)48(58)55(4)45(43)46-52-54-57(53-46)49(37-18-10-7-11-19-37,38-20-12-8-13-21-38)39-22-14-9-15-23-39/h7-25,27-31H,5-6,26,32H2,1-4H3. The van der Waals surface area contributed by atoms with Crippen LogP contribution < -0.4 is 5.56 Å². The molecule has 0 spiro atoms. The number of aromatic nitrogens is 8. The quantitative estimate of drug-likeness (QED) is 0.122. The number of rotatable bonds is 11. The van der Waals surface area contributed by atoms with E-state index in [9.17, 15) is 4.79 Å². The first-order valence-corrected chi connectivity index (χ1v) is 19.9. The molecule has 9 heteroatoms. The molecule has 9 aromatic rings. The molecule has 0 aliphatic rings. The Balaban J connectivity index is 1.21. The van der Waals surface area contributed by atoms with E-state index in [0.717, 1.165) is 86.3 Å². The van der Waals surface area contributed by atoms with E-state index in [4.69, 9.17) is 25.4 Å². The Morgan fingerprint density at radius 1 is 0.690 bits per heavy atom. The number of benzene rings is 5. The normalized spacial score (nSPS) is 11.8. The predicted octanol–water partition coefficient (Wildman–Crippen LogP) is 9.45. The maximum Gasteiger partial charge on any atom is 0.258 e. The van der Waals surface area contributed by atoms with E-state index >= 15 is 0 Å². The predicted molar refractivity (Wildman–Crippen MR) is 231 cm³/mol. The van der Waals surface area contributed by atoms with Crippen molar-refractivity contribution in [1.82, 2.24) is 39.3 Å². The fraction of sp³-hybridized carbons (Fsp3) is 0.184. The van der Waals surface area contributed by atoms with Gasteiger partial charge in [0.15, 0.2) is 11.2 Å². The molecule has 4 aromatic heterocycles. The van der Waals surface area contributed by atoms with Gasteiger partial charge in [0.25, 0.3) is 5.56 Å². The van der Waals surface area contributed by atoms with Crippen molar-refractivity contribution in [3.05, 3.63) is 195 Å². The molecule has 0 saturated heterocycles. The highest BCUT2D eigenvalue weighted by molar-refractivity contribution is 6.01. The van der Waals surface area contributed by atoms with Crippen molar-refractivity contribution >= 4 is 21.9 Å². The maximum atomic E-state index is 14.1. The van der Waals surface area contributed by atoms with E-state index in [1.54, 1.807) is 16.4 Å². The second kappa shape index (κ2) is 15.2. The zero-order chi connectivity index (χ0) is 39.8. The molecule has 0 saturated carbocycles. The fourth-order valence-corrected chi connectivity index (χ4v) is 8.45. The topological polar surface area (TPSA) is 96.3 Å². The Kier molecular flexibility index (Phi) is 9.57. The Labute approximate surface area is 337 Å². The first-order chi connectivity index (χ1) is 28.4. The van der Waals surface area contributed by atoms with Gasteiger partial charge in [-0.2, -0.15) is 0 Å². The smallest absolute Gasteiger partial charge is 0.258 e. The van der Waals surface area contributed by atoms with Gasteiger partial charge in [-0.3, -0.25) is 4.79 Å². The Hall–Kier alpha value is -7.00. The van der Waals surface area contributed by atoms with Crippen molar-refractivity contribution < 1.29 is 0 Å². The summed E-state index contributed by atoms with van der Waals surface area (Å²) in [7, 11) is 1.79. The van der Waals surface area contributed by atoms with Crippen LogP contribution in [0.25, 0.3) is 44.6 Å². The average Bonchev–Trinajstić information content (AvgIpc) is 3.88. The molecule has 0 aliphatic carbocycles. The molecule has 0 N–H and O–H groups in total. The lowest BCUT2D eigenvalue weighted by Crippen LogP contribution is -2.39. The van der Waals surface area contributed by atoms with E-state index < -0.39 is 5.54 Å². The highest BCUT2D eigenvalue weighted by Crippen LogP contribution is 2.41. The molecule has 9 rings (SSSR count). The highest BCUT2D eigenvalue weighted by atomic mass is 16.1. The summed E-state index contributed by atoms with van der Waals surface area (Å²) in [6.07, 6.45) is 3.04. The molecule has 0 fully saturated rings. The van der Waals surface area contributed by atoms with Gasteiger partial charge in [-0.05, 0) is 76.4 Å². The van der Waals surface area contributed by atoms with Crippen LogP contribution in [0, 0.1) is 13.8 Å². The summed E-state index contributed by atoms with van der Waals surface area (Å²) in [5.41, 5.74) is 9.35. The molecule has 0 bridgehead atoms. The van der Waals surface area contributed by atoms with Crippen LogP contribution in [-0.4, -0.2) is 39.3 Å². The van der Waals surface area contributed by atoms with Crippen molar-refractivity contribution in [2.24, 2.45) is 7.05 Å². The summed E-state index contributed by atoms with van der Waals surface area (Å²) in [6, 6.07) is 49.2. The molecule has 58 heavy (non-hydrogen) atoms. The molecule has 5 aromatic carbocycles. The van der Waals surface area contributed by atoms with Crippen molar-refractivity contribution in [3.8, 4) is 22.6 Å². The minimum atomic E-state index is -0.966. The third-order valence-electron chi connectivity index (χ3n) is 11.2. The minimum absolute atomic E-state index is 0.132. The Morgan fingerprint density at radius 3 is 1.88 bits per heavy atom. The second-order valence-electron chi connectivity index (χ2n) is 15.0. The molecule has 0 atom stereocenters. The number of nitrogens with zero attached hydrogens (tertiary/aromatic N) is 8. The number of fused-ring (bicyclic) bond motifs is 2. The molecule has 4 heterocycles. The number of unbranched alkanes of at least 4 members (excludes halogenated alkanes) is 1. The first-order valence-electron chi connectivity index (χ1n) is 19.9. The van der Waals surface area contributed by atoms with Gasteiger partial charge in [0.1, 0.15) is 17.0 Å². The summed E-state index contributed by atoms with van der Waals surface area (Å²) in [5.74, 6) is 1.40. The van der Waals surface area contributed by atoms with E-state index in [0.29, 0.717) is 23.4 Å². The molecule has 286 valence electrons. The molecular formula is C49H44N8O. The van der Waals surface area contributed by atoms with Crippen LogP contribution in [0.5, 0.6) is 0 Å². The van der Waals surface area contributed by atoms with Crippen LogP contribution in [0.3, 0.4) is 0 Å². The van der Waals surface area contributed by atoms with Gasteiger partial charge in [0.05, 0.1) is 6.54 Å². The average molecular weight is 761 g/mol. The molecule has 9 nitrogen and oxygen atoms in total. The van der Waals surface area contributed by atoms with Gasteiger partial charge >= 0.3 is 0 Å². The van der Waals surface area contributed by atoms with Crippen LogP contribution in [0.2, 0.25) is 0 Å². The molecule has 0 aliphatic heterocycles. The molecular weight excluding hydrogens is 717 g/mol. The summed E-state index contributed by atoms with van der Waals surface area (Å²) in [5, 5.41) is 16.3. The summed E-state index contributed by atoms with van der Waals surface area (Å²) >= 11 is 0. The van der Waals surface area contributed by atoms with Crippen molar-refractivity contribution in [2.45, 2.75) is 52.1 Å². The van der Waals surface area contributed by atoms with Crippen LogP contribution in [0.1, 0.15) is 59.1 Å². The number of aryl methyl sites for hydroxylation is 3. The number of imidazole rings is 1. The molecule has 0 radical (unpaired) electrons. The lowest BCUT2D eigenvalue weighted by molar-refractivity contribution is 0.395. The van der Waals surface area contributed by atoms with Gasteiger partial charge in [-0.25, -0.2) is 9.97 Å². The zero-order valence-corrected chi connectivity index (χ0v) is 33.2. The lowest BCUT2D eigenvalue weighted by Gasteiger charge is -2.34. The molecule has 0 unspecified atom stereocenters. The van der Waals surface area contributed by atoms with E-state index in [1.165, 1.54) is 0 Å². The largest absolute Gasteiger partial charge is 0.308 e. The Bertz CT molecular complexity index is 2850. The summed E-state index contributed by atoms with van der Waals surface area (Å²) in [6.45, 7) is 7.00. The number of hydrogen-bond donors (Lipinski definition) is 0. The van der Waals surface area contributed by atoms with Gasteiger partial charge < -0.3 is 9.13 Å². The van der Waals surface area contributed by atoms with E-state index in [2.05, 4.69) is 85.1 Å². The fourth-order valence-electron chi connectivity index (χ4n) is 8.45. The van der Waals surface area contributed by atoms with Crippen LogP contribution in [0.4, 0.5) is 0 Å². The van der Waals surface area contributed by atoms with Gasteiger partial charge in [-0.1, -0.05) is 147 Å². The second-order valence-corrected chi connectivity index (χ2v) is 15.0. The minimum Gasteiger partial charge on any atom is -0.308 e. The van der Waals surface area contributed by atoms with Gasteiger partial charge in [-0.15, -0.1) is 15.0 Å². The van der Waals surface area contributed by atoms with E-state index in [-0.39, 0.29) is 5.56 Å². The highest BCUT2D eigenvalue weighted by Gasteiger charge is 2.41. The first kappa shape index (κ1) is 36.6. The summed E-state index contributed by atoms with van der Waals surface area (Å²) < 4.78 is 3.93.